The van der Waals surface area contributed by atoms with Gasteiger partial charge in [0.2, 0.25) is 0 Å². The molecule has 0 aromatic carbocycles. The first kappa shape index (κ1) is 20.4. The molecule has 0 saturated carbocycles. The summed E-state index contributed by atoms with van der Waals surface area (Å²) in [4.78, 5) is 28.6. The Hall–Kier alpha value is -2.66. The quantitative estimate of drug-likeness (QED) is 0.790. The highest BCUT2D eigenvalue weighted by Crippen LogP contribution is 2.26. The second-order valence-electron chi connectivity index (χ2n) is 5.90. The second kappa shape index (κ2) is 8.99. The lowest BCUT2D eigenvalue weighted by molar-refractivity contribution is -0.141. The standard InChI is InChI=1S/C16H22N4O2.CH2O2/c1-10-11(2)13(8-17)15(18-12(10)3)20-6-7-22-14(9-20)16(21)19(4)5;2-1-3/h14H,6-7,9H2,1-5H3;1H,(H,2,3). The minimum absolute atomic E-state index is 0.0660. The van der Waals surface area contributed by atoms with E-state index in [0.29, 0.717) is 31.1 Å². The number of morpholine rings is 1. The first-order valence-corrected chi connectivity index (χ1v) is 7.81. The van der Waals surface area contributed by atoms with Gasteiger partial charge in [-0.3, -0.25) is 9.59 Å². The van der Waals surface area contributed by atoms with Crippen molar-refractivity contribution in [1.82, 2.24) is 9.88 Å². The Kier molecular flexibility index (Phi) is 7.33. The molecule has 1 atom stereocenters. The summed E-state index contributed by atoms with van der Waals surface area (Å²) in [5.41, 5.74) is 3.48. The van der Waals surface area contributed by atoms with Gasteiger partial charge in [0.1, 0.15) is 11.9 Å². The SMILES string of the molecule is Cc1nc(N2CCOC(C(=O)N(C)C)C2)c(C#N)c(C)c1C.O=CO. The van der Waals surface area contributed by atoms with E-state index in [1.54, 1.807) is 14.1 Å². The van der Waals surface area contributed by atoms with E-state index in [9.17, 15) is 10.1 Å². The predicted octanol–water partition coefficient (Wildman–Crippen LogP) is 0.873. The predicted molar refractivity (Wildman–Crippen MR) is 92.5 cm³/mol. The maximum absolute atomic E-state index is 12.1. The number of nitriles is 1. The molecule has 1 unspecified atom stereocenters. The lowest BCUT2D eigenvalue weighted by atomic mass is 10.0. The minimum Gasteiger partial charge on any atom is -0.483 e. The van der Waals surface area contributed by atoms with Gasteiger partial charge < -0.3 is 19.6 Å². The Morgan fingerprint density at radius 2 is 2.00 bits per heavy atom. The molecule has 1 aliphatic heterocycles. The van der Waals surface area contributed by atoms with Crippen molar-refractivity contribution in [3.8, 4) is 6.07 Å². The molecule has 2 heterocycles. The fourth-order valence-corrected chi connectivity index (χ4v) is 2.57. The lowest BCUT2D eigenvalue weighted by Gasteiger charge is -2.35. The normalized spacial score (nSPS) is 16.3. The molecule has 1 aliphatic rings. The number of aromatic nitrogens is 1. The number of anilines is 1. The first-order chi connectivity index (χ1) is 11.8. The Labute approximate surface area is 147 Å². The fraction of sp³-hybridized carbons (Fsp3) is 0.529. The second-order valence-corrected chi connectivity index (χ2v) is 5.90. The van der Waals surface area contributed by atoms with Crippen LogP contribution in [0.2, 0.25) is 0 Å². The zero-order chi connectivity index (χ0) is 19.1. The number of hydrogen-bond donors (Lipinski definition) is 1. The van der Waals surface area contributed by atoms with Crippen LogP contribution in [0.25, 0.3) is 0 Å². The van der Waals surface area contributed by atoms with Gasteiger partial charge in [0.25, 0.3) is 12.4 Å². The molecule has 0 radical (unpaired) electrons. The molecule has 0 aliphatic carbocycles. The maximum atomic E-state index is 12.1. The van der Waals surface area contributed by atoms with Gasteiger partial charge in [-0.05, 0) is 31.9 Å². The molecule has 8 nitrogen and oxygen atoms in total. The average Bonchev–Trinajstić information content (AvgIpc) is 2.59. The molecular weight excluding hydrogens is 324 g/mol. The van der Waals surface area contributed by atoms with Gasteiger partial charge in [-0.25, -0.2) is 4.98 Å². The van der Waals surface area contributed by atoms with Crippen LogP contribution in [0.5, 0.6) is 0 Å². The van der Waals surface area contributed by atoms with Crippen LogP contribution in [-0.4, -0.2) is 67.3 Å². The minimum atomic E-state index is -0.515. The van der Waals surface area contributed by atoms with E-state index in [1.165, 1.54) is 4.90 Å². The van der Waals surface area contributed by atoms with E-state index in [4.69, 9.17) is 14.6 Å². The topological polar surface area (TPSA) is 107 Å². The van der Waals surface area contributed by atoms with Crippen molar-refractivity contribution in [2.75, 3.05) is 38.7 Å². The summed E-state index contributed by atoms with van der Waals surface area (Å²) in [5.74, 6) is 0.590. The average molecular weight is 348 g/mol. The summed E-state index contributed by atoms with van der Waals surface area (Å²) in [6.45, 7) is 7.09. The fourth-order valence-electron chi connectivity index (χ4n) is 2.57. The summed E-state index contributed by atoms with van der Waals surface area (Å²) < 4.78 is 5.57. The summed E-state index contributed by atoms with van der Waals surface area (Å²) in [7, 11) is 3.42. The van der Waals surface area contributed by atoms with E-state index >= 15 is 0 Å². The van der Waals surface area contributed by atoms with Crippen LogP contribution in [0.3, 0.4) is 0 Å². The Bertz CT molecular complexity index is 682. The molecule has 25 heavy (non-hydrogen) atoms. The highest BCUT2D eigenvalue weighted by atomic mass is 16.5. The smallest absolute Gasteiger partial charge is 0.290 e. The molecule has 0 spiro atoms. The number of amides is 1. The lowest BCUT2D eigenvalue weighted by Crippen LogP contribution is -2.50. The number of nitrogens with zero attached hydrogens (tertiary/aromatic N) is 4. The number of pyridine rings is 1. The van der Waals surface area contributed by atoms with Crippen molar-refractivity contribution < 1.29 is 19.4 Å². The van der Waals surface area contributed by atoms with E-state index in [0.717, 1.165) is 16.8 Å². The molecule has 0 bridgehead atoms. The molecule has 1 N–H and O–H groups in total. The molecule has 1 amide bonds. The molecule has 8 heteroatoms. The summed E-state index contributed by atoms with van der Waals surface area (Å²) in [6.07, 6.45) is -0.515. The van der Waals surface area contributed by atoms with E-state index in [2.05, 4.69) is 11.1 Å². The van der Waals surface area contributed by atoms with Crippen molar-refractivity contribution in [2.24, 2.45) is 0 Å². The zero-order valence-corrected chi connectivity index (χ0v) is 15.2. The molecule has 1 fully saturated rings. The number of carbonyl (C=O) groups excluding carboxylic acids is 1. The van der Waals surface area contributed by atoms with Crippen LogP contribution in [0.15, 0.2) is 0 Å². The summed E-state index contributed by atoms with van der Waals surface area (Å²) in [6, 6.07) is 2.26. The van der Waals surface area contributed by atoms with E-state index < -0.39 is 6.10 Å². The van der Waals surface area contributed by atoms with Crippen molar-refractivity contribution in [2.45, 2.75) is 26.9 Å². The number of carboxylic acid groups (broad SMARTS) is 1. The van der Waals surface area contributed by atoms with Crippen LogP contribution < -0.4 is 4.90 Å². The van der Waals surface area contributed by atoms with Crippen molar-refractivity contribution in [3.05, 3.63) is 22.4 Å². The van der Waals surface area contributed by atoms with Gasteiger partial charge in [0, 0.05) is 26.3 Å². The largest absolute Gasteiger partial charge is 0.483 e. The number of carbonyl (C=O) groups is 2. The summed E-state index contributed by atoms with van der Waals surface area (Å²) >= 11 is 0. The van der Waals surface area contributed by atoms with Crippen molar-refractivity contribution >= 4 is 18.2 Å². The molecule has 1 aromatic rings. The first-order valence-electron chi connectivity index (χ1n) is 7.81. The van der Waals surface area contributed by atoms with Crippen LogP contribution in [0.1, 0.15) is 22.4 Å². The summed E-state index contributed by atoms with van der Waals surface area (Å²) in [5, 5.41) is 16.4. The molecule has 136 valence electrons. The van der Waals surface area contributed by atoms with Gasteiger partial charge in [-0.2, -0.15) is 5.26 Å². The van der Waals surface area contributed by atoms with Crippen LogP contribution >= 0.6 is 0 Å². The van der Waals surface area contributed by atoms with Crippen LogP contribution in [0, 0.1) is 32.1 Å². The van der Waals surface area contributed by atoms with Gasteiger partial charge in [0.05, 0.1) is 18.7 Å². The third-order valence-electron chi connectivity index (χ3n) is 4.17. The molecule has 1 saturated heterocycles. The number of likely N-dealkylation sites (N-methyl/N-ethyl adjacent to an activating group) is 1. The molecule has 1 aromatic heterocycles. The molecular formula is C17H24N4O4. The highest BCUT2D eigenvalue weighted by molar-refractivity contribution is 5.81. The Morgan fingerprint density at radius 3 is 2.52 bits per heavy atom. The van der Waals surface area contributed by atoms with Gasteiger partial charge >= 0.3 is 0 Å². The monoisotopic (exact) mass is 348 g/mol. The van der Waals surface area contributed by atoms with E-state index in [1.807, 2.05) is 25.7 Å². The van der Waals surface area contributed by atoms with Gasteiger partial charge in [-0.15, -0.1) is 0 Å². The third-order valence-corrected chi connectivity index (χ3v) is 4.17. The number of aryl methyl sites for hydroxylation is 1. The van der Waals surface area contributed by atoms with Gasteiger partial charge in [0.15, 0.2) is 6.10 Å². The van der Waals surface area contributed by atoms with E-state index in [-0.39, 0.29) is 12.4 Å². The number of rotatable bonds is 2. The van der Waals surface area contributed by atoms with Crippen molar-refractivity contribution in [3.63, 3.8) is 0 Å². The zero-order valence-electron chi connectivity index (χ0n) is 15.2. The Morgan fingerprint density at radius 1 is 1.40 bits per heavy atom. The number of ether oxygens (including phenoxy) is 1. The highest BCUT2D eigenvalue weighted by Gasteiger charge is 2.30. The molecule has 2 rings (SSSR count). The van der Waals surface area contributed by atoms with Crippen LogP contribution in [-0.2, 0) is 14.3 Å². The van der Waals surface area contributed by atoms with Crippen molar-refractivity contribution in [1.29, 1.82) is 5.26 Å². The maximum Gasteiger partial charge on any atom is 0.290 e. The van der Waals surface area contributed by atoms with Crippen LogP contribution in [0.4, 0.5) is 5.82 Å². The van der Waals surface area contributed by atoms with Gasteiger partial charge in [-0.1, -0.05) is 0 Å². The third kappa shape index (κ3) is 4.67. The Balaban J connectivity index is 0.000000970. The number of hydrogen-bond acceptors (Lipinski definition) is 6.